The van der Waals surface area contributed by atoms with Crippen molar-refractivity contribution in [3.8, 4) is 0 Å². The third kappa shape index (κ3) is 2.05. The zero-order valence-electron chi connectivity index (χ0n) is 9.75. The number of rotatable bonds is 1. The summed E-state index contributed by atoms with van der Waals surface area (Å²) in [6.07, 6.45) is 3.98. The summed E-state index contributed by atoms with van der Waals surface area (Å²) in [6, 6.07) is 8.12. The quantitative estimate of drug-likeness (QED) is 0.679. The van der Waals surface area contributed by atoms with E-state index in [4.69, 9.17) is 34.8 Å². The highest BCUT2D eigenvalue weighted by molar-refractivity contribution is 6.68. The van der Waals surface area contributed by atoms with Crippen molar-refractivity contribution in [2.45, 2.75) is 23.2 Å². The van der Waals surface area contributed by atoms with E-state index in [2.05, 4.69) is 24.0 Å². The van der Waals surface area contributed by atoms with Gasteiger partial charge in [-0.1, -0.05) is 65.2 Å². The molecule has 92 valence electrons. The second-order valence-electron chi connectivity index (χ2n) is 4.28. The number of anilines is 1. The third-order valence-corrected chi connectivity index (χ3v) is 4.41. The SMILES string of the molecule is CCN1c2ccccc2C=CC1(C)C(Cl)(Cl)Cl. The van der Waals surface area contributed by atoms with Gasteiger partial charge in [0.15, 0.2) is 0 Å². The molecule has 0 saturated carbocycles. The summed E-state index contributed by atoms with van der Waals surface area (Å²) in [5.74, 6) is 0. The number of likely N-dealkylation sites (N-methyl/N-ethyl adjacent to an activating group) is 1. The normalized spacial score (nSPS) is 23.7. The Morgan fingerprint density at radius 1 is 1.24 bits per heavy atom. The van der Waals surface area contributed by atoms with Crippen LogP contribution >= 0.6 is 34.8 Å². The highest BCUT2D eigenvalue weighted by Gasteiger charge is 2.48. The molecule has 1 aromatic rings. The molecule has 2 rings (SSSR count). The van der Waals surface area contributed by atoms with E-state index in [-0.39, 0.29) is 0 Å². The second kappa shape index (κ2) is 4.38. The van der Waals surface area contributed by atoms with E-state index in [1.165, 1.54) is 0 Å². The lowest BCUT2D eigenvalue weighted by Crippen LogP contribution is -2.55. The monoisotopic (exact) mass is 289 g/mol. The molecular weight excluding hydrogens is 277 g/mol. The second-order valence-corrected chi connectivity index (χ2v) is 6.56. The fourth-order valence-electron chi connectivity index (χ4n) is 2.21. The van der Waals surface area contributed by atoms with E-state index in [0.717, 1.165) is 17.8 Å². The molecule has 4 heteroatoms. The topological polar surface area (TPSA) is 3.24 Å². The Kier molecular flexibility index (Phi) is 3.37. The van der Waals surface area contributed by atoms with E-state index in [9.17, 15) is 0 Å². The molecule has 1 unspecified atom stereocenters. The maximum atomic E-state index is 6.13. The molecule has 0 fully saturated rings. The number of para-hydroxylation sites is 1. The summed E-state index contributed by atoms with van der Waals surface area (Å²) in [7, 11) is 0. The van der Waals surface area contributed by atoms with Gasteiger partial charge in [0.1, 0.15) is 5.54 Å². The number of benzene rings is 1. The fourth-order valence-corrected chi connectivity index (χ4v) is 2.71. The van der Waals surface area contributed by atoms with Crippen molar-refractivity contribution in [2.75, 3.05) is 11.4 Å². The van der Waals surface area contributed by atoms with Crippen LogP contribution in [0.25, 0.3) is 6.08 Å². The van der Waals surface area contributed by atoms with Gasteiger partial charge in [0, 0.05) is 12.2 Å². The number of fused-ring (bicyclic) bond motifs is 1. The van der Waals surface area contributed by atoms with Gasteiger partial charge in [0.2, 0.25) is 3.79 Å². The molecule has 0 saturated heterocycles. The van der Waals surface area contributed by atoms with Gasteiger partial charge in [-0.2, -0.15) is 0 Å². The molecule has 17 heavy (non-hydrogen) atoms. The molecule has 0 aliphatic carbocycles. The fraction of sp³-hybridized carbons (Fsp3) is 0.385. The number of nitrogens with zero attached hydrogens (tertiary/aromatic N) is 1. The molecule has 1 atom stereocenters. The largest absolute Gasteiger partial charge is 0.358 e. The van der Waals surface area contributed by atoms with Crippen LogP contribution < -0.4 is 4.90 Å². The van der Waals surface area contributed by atoms with Crippen LogP contribution in [0.2, 0.25) is 0 Å². The van der Waals surface area contributed by atoms with Crippen molar-refractivity contribution in [3.05, 3.63) is 35.9 Å². The van der Waals surface area contributed by atoms with Gasteiger partial charge in [-0.25, -0.2) is 0 Å². The van der Waals surface area contributed by atoms with Crippen molar-refractivity contribution >= 4 is 46.6 Å². The van der Waals surface area contributed by atoms with Crippen molar-refractivity contribution in [3.63, 3.8) is 0 Å². The van der Waals surface area contributed by atoms with Crippen molar-refractivity contribution in [1.29, 1.82) is 0 Å². The molecular formula is C13H14Cl3N. The lowest BCUT2D eigenvalue weighted by atomic mass is 9.93. The summed E-state index contributed by atoms with van der Waals surface area (Å²) >= 11 is 18.4. The third-order valence-electron chi connectivity index (χ3n) is 3.27. The molecule has 1 aliphatic heterocycles. The van der Waals surface area contributed by atoms with Gasteiger partial charge in [0.05, 0.1) is 0 Å². The Balaban J connectivity index is 2.56. The van der Waals surface area contributed by atoms with E-state index >= 15 is 0 Å². The van der Waals surface area contributed by atoms with Crippen molar-refractivity contribution in [1.82, 2.24) is 0 Å². The van der Waals surface area contributed by atoms with E-state index < -0.39 is 9.33 Å². The van der Waals surface area contributed by atoms with Gasteiger partial charge in [0.25, 0.3) is 0 Å². The average Bonchev–Trinajstić information content (AvgIpc) is 2.27. The molecule has 1 aliphatic rings. The average molecular weight is 291 g/mol. The highest BCUT2D eigenvalue weighted by atomic mass is 35.6. The lowest BCUT2D eigenvalue weighted by molar-refractivity contribution is 0.528. The first-order valence-corrected chi connectivity index (χ1v) is 6.66. The molecule has 0 spiro atoms. The molecule has 0 N–H and O–H groups in total. The summed E-state index contributed by atoms with van der Waals surface area (Å²) in [5.41, 5.74) is 1.63. The van der Waals surface area contributed by atoms with Crippen molar-refractivity contribution < 1.29 is 0 Å². The predicted octanol–water partition coefficient (Wildman–Crippen LogP) is 4.67. The number of alkyl halides is 3. The first kappa shape index (κ1) is 13.1. The summed E-state index contributed by atoms with van der Waals surface area (Å²) in [4.78, 5) is 2.12. The molecule has 1 nitrogen and oxygen atoms in total. The first-order chi connectivity index (χ1) is 7.90. The van der Waals surface area contributed by atoms with Crippen LogP contribution in [0, 0.1) is 0 Å². The maximum absolute atomic E-state index is 6.13. The first-order valence-electron chi connectivity index (χ1n) is 5.53. The van der Waals surface area contributed by atoms with Gasteiger partial charge >= 0.3 is 0 Å². The summed E-state index contributed by atoms with van der Waals surface area (Å²) in [6.45, 7) is 4.78. The number of halogens is 3. The molecule has 0 amide bonds. The van der Waals surface area contributed by atoms with Crippen LogP contribution in [0.5, 0.6) is 0 Å². The zero-order chi connectivity index (χ0) is 12.7. The molecule has 0 radical (unpaired) electrons. The Hall–Kier alpha value is -0.370. The minimum absolute atomic E-state index is 0.624. The summed E-state index contributed by atoms with van der Waals surface area (Å²) < 4.78 is -1.37. The summed E-state index contributed by atoms with van der Waals surface area (Å²) in [5, 5.41) is 0. The standard InChI is InChI=1S/C13H14Cl3N/c1-3-17-11-7-5-4-6-10(11)8-9-12(17,2)13(14,15)16/h4-9H,3H2,1-2H3. The Morgan fingerprint density at radius 3 is 2.47 bits per heavy atom. The molecule has 1 heterocycles. The Bertz CT molecular complexity index is 450. The number of hydrogen-bond donors (Lipinski definition) is 0. The van der Waals surface area contributed by atoms with E-state index in [1.807, 2.05) is 31.2 Å². The molecule has 0 aromatic heterocycles. The predicted molar refractivity (Wildman–Crippen MR) is 77.2 cm³/mol. The Morgan fingerprint density at radius 2 is 1.88 bits per heavy atom. The molecule has 1 aromatic carbocycles. The van der Waals surface area contributed by atoms with Crippen LogP contribution in [-0.2, 0) is 0 Å². The van der Waals surface area contributed by atoms with E-state index in [0.29, 0.717) is 0 Å². The number of hydrogen-bond acceptors (Lipinski definition) is 1. The van der Waals surface area contributed by atoms with Crippen LogP contribution in [0.15, 0.2) is 30.3 Å². The van der Waals surface area contributed by atoms with Gasteiger partial charge in [-0.3, -0.25) is 0 Å². The zero-order valence-corrected chi connectivity index (χ0v) is 12.0. The minimum atomic E-state index is -1.37. The van der Waals surface area contributed by atoms with Crippen molar-refractivity contribution in [2.24, 2.45) is 0 Å². The lowest BCUT2D eigenvalue weighted by Gasteiger charge is -2.47. The van der Waals surface area contributed by atoms with Crippen LogP contribution in [0.3, 0.4) is 0 Å². The van der Waals surface area contributed by atoms with Gasteiger partial charge in [-0.05, 0) is 25.5 Å². The minimum Gasteiger partial charge on any atom is -0.358 e. The van der Waals surface area contributed by atoms with E-state index in [1.54, 1.807) is 0 Å². The molecule has 0 bridgehead atoms. The van der Waals surface area contributed by atoms with Crippen LogP contribution in [0.1, 0.15) is 19.4 Å². The highest BCUT2D eigenvalue weighted by Crippen LogP contribution is 2.47. The van der Waals surface area contributed by atoms with Crippen LogP contribution in [0.4, 0.5) is 5.69 Å². The van der Waals surface area contributed by atoms with Gasteiger partial charge in [-0.15, -0.1) is 0 Å². The van der Waals surface area contributed by atoms with Crippen LogP contribution in [-0.4, -0.2) is 15.9 Å². The van der Waals surface area contributed by atoms with Gasteiger partial charge < -0.3 is 4.90 Å². The maximum Gasteiger partial charge on any atom is 0.216 e. The Labute approximate surface area is 117 Å². The smallest absolute Gasteiger partial charge is 0.216 e.